The van der Waals surface area contributed by atoms with Crippen molar-refractivity contribution in [3.8, 4) is 11.3 Å². The second-order valence-electron chi connectivity index (χ2n) is 5.44. The molecule has 1 aromatic carbocycles. The Hall–Kier alpha value is -1.29. The molecule has 0 radical (unpaired) electrons. The van der Waals surface area contributed by atoms with Crippen molar-refractivity contribution in [2.24, 2.45) is 0 Å². The average molecular weight is 320 g/mol. The van der Waals surface area contributed by atoms with Crippen molar-refractivity contribution in [3.63, 3.8) is 0 Å². The number of nitrogen functional groups attached to an aromatic ring is 1. The van der Waals surface area contributed by atoms with E-state index in [1.807, 2.05) is 18.2 Å². The number of aromatic nitrogens is 2. The summed E-state index contributed by atoms with van der Waals surface area (Å²) in [5.74, 6) is 2.29. The Bertz CT molecular complexity index is 612. The highest BCUT2D eigenvalue weighted by atomic mass is 79.9. The fourth-order valence-corrected chi connectivity index (χ4v) is 2.91. The van der Waals surface area contributed by atoms with Crippen LogP contribution in [0.25, 0.3) is 11.3 Å². The van der Waals surface area contributed by atoms with E-state index in [1.165, 1.54) is 12.8 Å². The zero-order valence-corrected chi connectivity index (χ0v) is 12.8. The molecule has 1 aliphatic rings. The molecule has 1 fully saturated rings. The molecule has 1 aromatic heterocycles. The van der Waals surface area contributed by atoms with E-state index in [2.05, 4.69) is 40.4 Å². The van der Waals surface area contributed by atoms with Gasteiger partial charge in [0.25, 0.3) is 0 Å². The highest BCUT2D eigenvalue weighted by Gasteiger charge is 2.31. The second kappa shape index (κ2) is 4.67. The normalized spacial score (nSPS) is 15.2. The molecule has 2 N–H and O–H groups in total. The lowest BCUT2D eigenvalue weighted by molar-refractivity contribution is 0.646. The van der Waals surface area contributed by atoms with E-state index in [4.69, 9.17) is 10.7 Å². The van der Waals surface area contributed by atoms with E-state index < -0.39 is 0 Å². The predicted octanol–water partition coefficient (Wildman–Crippen LogP) is 4.35. The number of halogens is 1. The molecule has 3 nitrogen and oxygen atoms in total. The summed E-state index contributed by atoms with van der Waals surface area (Å²) in [4.78, 5) is 4.81. The van der Waals surface area contributed by atoms with E-state index in [0.717, 1.165) is 27.4 Å². The smallest absolute Gasteiger partial charge is 0.132 e. The molecular formula is C15H18BrN3. The summed E-state index contributed by atoms with van der Waals surface area (Å²) in [7, 11) is 0. The zero-order chi connectivity index (χ0) is 13.6. The number of benzene rings is 1. The highest BCUT2D eigenvalue weighted by molar-refractivity contribution is 9.10. The summed E-state index contributed by atoms with van der Waals surface area (Å²) in [5, 5.41) is 0. The molecule has 1 saturated carbocycles. The molecule has 0 unspecified atom stereocenters. The number of hydrogen-bond donors (Lipinski definition) is 1. The number of nitrogens with two attached hydrogens (primary N) is 1. The number of rotatable bonds is 3. The van der Waals surface area contributed by atoms with Crippen molar-refractivity contribution in [1.82, 2.24) is 9.55 Å². The summed E-state index contributed by atoms with van der Waals surface area (Å²) in [6, 6.07) is 8.67. The van der Waals surface area contributed by atoms with E-state index in [9.17, 15) is 0 Å². The van der Waals surface area contributed by atoms with Gasteiger partial charge in [0, 0.05) is 22.0 Å². The van der Waals surface area contributed by atoms with Crippen molar-refractivity contribution in [2.75, 3.05) is 5.73 Å². The standard InChI is InChI=1S/C15H18BrN3/c1-9(2)15-18-13(11-5-3-4-6-12(11)16)14(17)19(15)10-7-8-10/h3-6,9-10H,7-8,17H2,1-2H3. The quantitative estimate of drug-likeness (QED) is 0.913. The van der Waals surface area contributed by atoms with Crippen LogP contribution in [0.4, 0.5) is 5.82 Å². The van der Waals surface area contributed by atoms with Gasteiger partial charge in [0.1, 0.15) is 17.3 Å². The molecule has 3 rings (SSSR count). The van der Waals surface area contributed by atoms with Gasteiger partial charge in [-0.1, -0.05) is 48.0 Å². The molecule has 0 atom stereocenters. The Kier molecular flexibility index (Phi) is 3.13. The predicted molar refractivity (Wildman–Crippen MR) is 82.1 cm³/mol. The highest BCUT2D eigenvalue weighted by Crippen LogP contribution is 2.43. The lowest BCUT2D eigenvalue weighted by Crippen LogP contribution is -2.06. The monoisotopic (exact) mass is 319 g/mol. The molecule has 0 aliphatic heterocycles. The SMILES string of the molecule is CC(C)c1nc(-c2ccccc2Br)c(N)n1C1CC1. The number of anilines is 1. The molecule has 19 heavy (non-hydrogen) atoms. The minimum absolute atomic E-state index is 0.388. The minimum atomic E-state index is 0.388. The van der Waals surface area contributed by atoms with Crippen molar-refractivity contribution in [1.29, 1.82) is 0 Å². The minimum Gasteiger partial charge on any atom is -0.383 e. The van der Waals surface area contributed by atoms with E-state index >= 15 is 0 Å². The van der Waals surface area contributed by atoms with Crippen LogP contribution in [0.2, 0.25) is 0 Å². The maximum atomic E-state index is 6.36. The number of nitrogens with zero attached hydrogens (tertiary/aromatic N) is 2. The Morgan fingerprint density at radius 3 is 2.58 bits per heavy atom. The Labute approximate surface area is 122 Å². The zero-order valence-electron chi connectivity index (χ0n) is 11.2. The van der Waals surface area contributed by atoms with Gasteiger partial charge >= 0.3 is 0 Å². The van der Waals surface area contributed by atoms with Crippen LogP contribution in [0.5, 0.6) is 0 Å². The number of imidazole rings is 1. The first-order chi connectivity index (χ1) is 9.09. The third-order valence-corrected chi connectivity index (χ3v) is 4.22. The second-order valence-corrected chi connectivity index (χ2v) is 6.29. The van der Waals surface area contributed by atoms with Gasteiger partial charge in [-0.3, -0.25) is 0 Å². The van der Waals surface area contributed by atoms with Crippen LogP contribution in [0.1, 0.15) is 44.5 Å². The lowest BCUT2D eigenvalue weighted by Gasteiger charge is -2.10. The Balaban J connectivity index is 2.17. The van der Waals surface area contributed by atoms with Gasteiger partial charge in [0.15, 0.2) is 0 Å². The Morgan fingerprint density at radius 2 is 2.00 bits per heavy atom. The van der Waals surface area contributed by atoms with Gasteiger partial charge in [-0.05, 0) is 18.9 Å². The van der Waals surface area contributed by atoms with Crippen molar-refractivity contribution < 1.29 is 0 Å². The summed E-state index contributed by atoms with van der Waals surface area (Å²) in [6.07, 6.45) is 2.44. The first-order valence-corrected chi connectivity index (χ1v) is 7.51. The van der Waals surface area contributed by atoms with E-state index in [1.54, 1.807) is 0 Å². The molecule has 0 amide bonds. The summed E-state index contributed by atoms with van der Waals surface area (Å²) < 4.78 is 3.27. The van der Waals surface area contributed by atoms with Gasteiger partial charge in [-0.2, -0.15) is 0 Å². The van der Waals surface area contributed by atoms with Gasteiger partial charge in [-0.25, -0.2) is 4.98 Å². The molecule has 1 aliphatic carbocycles. The summed E-state index contributed by atoms with van der Waals surface area (Å²) in [5.41, 5.74) is 8.34. The lowest BCUT2D eigenvalue weighted by atomic mass is 10.1. The van der Waals surface area contributed by atoms with Gasteiger partial charge in [-0.15, -0.1) is 0 Å². The fourth-order valence-electron chi connectivity index (χ4n) is 2.44. The Morgan fingerprint density at radius 1 is 1.32 bits per heavy atom. The summed E-state index contributed by atoms with van der Waals surface area (Å²) >= 11 is 3.59. The first kappa shape index (κ1) is 12.7. The topological polar surface area (TPSA) is 43.8 Å². The van der Waals surface area contributed by atoms with Crippen LogP contribution in [0.3, 0.4) is 0 Å². The van der Waals surface area contributed by atoms with Crippen molar-refractivity contribution in [3.05, 3.63) is 34.6 Å². The van der Waals surface area contributed by atoms with E-state index in [0.29, 0.717) is 12.0 Å². The summed E-state index contributed by atoms with van der Waals surface area (Å²) in [6.45, 7) is 4.34. The van der Waals surface area contributed by atoms with Crippen LogP contribution in [0.15, 0.2) is 28.7 Å². The maximum Gasteiger partial charge on any atom is 0.132 e. The average Bonchev–Trinajstić information content (AvgIpc) is 3.14. The molecule has 4 heteroatoms. The third kappa shape index (κ3) is 2.18. The molecule has 2 aromatic rings. The van der Waals surface area contributed by atoms with Crippen LogP contribution in [0, 0.1) is 0 Å². The molecule has 0 saturated heterocycles. The van der Waals surface area contributed by atoms with Crippen LogP contribution >= 0.6 is 15.9 Å². The molecule has 1 heterocycles. The van der Waals surface area contributed by atoms with Crippen molar-refractivity contribution >= 4 is 21.7 Å². The van der Waals surface area contributed by atoms with Gasteiger partial charge in [0.2, 0.25) is 0 Å². The maximum absolute atomic E-state index is 6.36. The van der Waals surface area contributed by atoms with Crippen LogP contribution in [-0.2, 0) is 0 Å². The first-order valence-electron chi connectivity index (χ1n) is 6.72. The molecular weight excluding hydrogens is 302 g/mol. The molecule has 0 bridgehead atoms. The van der Waals surface area contributed by atoms with Gasteiger partial charge < -0.3 is 10.3 Å². The van der Waals surface area contributed by atoms with Gasteiger partial charge in [0.05, 0.1) is 0 Å². The molecule has 0 spiro atoms. The molecule has 100 valence electrons. The fraction of sp³-hybridized carbons (Fsp3) is 0.400. The number of hydrogen-bond acceptors (Lipinski definition) is 2. The largest absolute Gasteiger partial charge is 0.383 e. The van der Waals surface area contributed by atoms with E-state index in [-0.39, 0.29) is 0 Å². The van der Waals surface area contributed by atoms with Crippen LogP contribution in [-0.4, -0.2) is 9.55 Å². The van der Waals surface area contributed by atoms with Crippen molar-refractivity contribution in [2.45, 2.75) is 38.6 Å². The van der Waals surface area contributed by atoms with Crippen LogP contribution < -0.4 is 5.73 Å². The third-order valence-electron chi connectivity index (χ3n) is 3.53.